The van der Waals surface area contributed by atoms with Crippen LogP contribution in [0.4, 0.5) is 0 Å². The SMILES string of the molecule is CC(C)S(=O)(=O)N[C]=O. The first kappa shape index (κ1) is 8.42. The molecule has 0 atom stereocenters. The highest BCUT2D eigenvalue weighted by Gasteiger charge is 2.13. The number of hydrogen-bond donors (Lipinski definition) is 1. The van der Waals surface area contributed by atoms with Crippen LogP contribution in [0.1, 0.15) is 13.8 Å². The molecule has 0 saturated carbocycles. The molecule has 0 bridgehead atoms. The highest BCUT2D eigenvalue weighted by Crippen LogP contribution is 1.92. The molecule has 4 nitrogen and oxygen atoms in total. The second-order valence-corrected chi connectivity index (χ2v) is 4.03. The minimum Gasteiger partial charge on any atom is -0.263 e. The van der Waals surface area contributed by atoms with Gasteiger partial charge in [0.25, 0.3) is 0 Å². The third kappa shape index (κ3) is 2.46. The van der Waals surface area contributed by atoms with Gasteiger partial charge < -0.3 is 0 Å². The predicted molar refractivity (Wildman–Crippen MR) is 32.9 cm³/mol. The van der Waals surface area contributed by atoms with Gasteiger partial charge in [-0.2, -0.15) is 0 Å². The number of amides is 1. The Balaban J connectivity index is 4.22. The summed E-state index contributed by atoms with van der Waals surface area (Å²) in [6.45, 7) is 2.94. The minimum absolute atomic E-state index is 0.584. The molecule has 0 aromatic heterocycles. The van der Waals surface area contributed by atoms with Crippen molar-refractivity contribution in [3.63, 3.8) is 0 Å². The summed E-state index contributed by atoms with van der Waals surface area (Å²) in [4.78, 5) is 9.51. The molecular weight excluding hydrogens is 142 g/mol. The van der Waals surface area contributed by atoms with Crippen LogP contribution in [-0.2, 0) is 14.8 Å². The van der Waals surface area contributed by atoms with Gasteiger partial charge in [-0.15, -0.1) is 0 Å². The number of nitrogens with one attached hydrogen (secondary N) is 1. The van der Waals surface area contributed by atoms with Crippen molar-refractivity contribution < 1.29 is 13.2 Å². The first-order chi connectivity index (χ1) is 4.00. The summed E-state index contributed by atoms with van der Waals surface area (Å²) < 4.78 is 22.7. The molecular formula is C4H8NO3S. The Hall–Kier alpha value is -0.580. The molecule has 5 heteroatoms. The van der Waals surface area contributed by atoms with Gasteiger partial charge in [-0.3, -0.25) is 4.79 Å². The van der Waals surface area contributed by atoms with Crippen LogP contribution in [0.15, 0.2) is 0 Å². The van der Waals surface area contributed by atoms with E-state index in [9.17, 15) is 13.2 Å². The maximum absolute atomic E-state index is 10.6. The highest BCUT2D eigenvalue weighted by molar-refractivity contribution is 7.90. The summed E-state index contributed by atoms with van der Waals surface area (Å²) in [7, 11) is -3.42. The van der Waals surface area contributed by atoms with Crippen molar-refractivity contribution in [2.45, 2.75) is 19.1 Å². The zero-order valence-corrected chi connectivity index (χ0v) is 6.03. The lowest BCUT2D eigenvalue weighted by molar-refractivity contribution is 0.545. The zero-order chi connectivity index (χ0) is 7.49. The van der Waals surface area contributed by atoms with Crippen LogP contribution in [0.3, 0.4) is 0 Å². The van der Waals surface area contributed by atoms with E-state index >= 15 is 0 Å². The van der Waals surface area contributed by atoms with Gasteiger partial charge in [0.2, 0.25) is 10.0 Å². The third-order valence-corrected chi connectivity index (χ3v) is 2.41. The Morgan fingerprint density at radius 2 is 1.89 bits per heavy atom. The van der Waals surface area contributed by atoms with E-state index in [4.69, 9.17) is 0 Å². The lowest BCUT2D eigenvalue weighted by Crippen LogP contribution is -2.29. The van der Waals surface area contributed by atoms with Crippen molar-refractivity contribution in [1.29, 1.82) is 0 Å². The standard InChI is InChI=1S/C4H8NO3S/c1-4(2)9(7,8)5-3-6/h4H,1-2H3,(H,5,6). The van der Waals surface area contributed by atoms with Crippen molar-refractivity contribution in [3.8, 4) is 0 Å². The normalized spacial score (nSPS) is 11.4. The number of rotatable bonds is 3. The Labute approximate surface area is 54.3 Å². The molecule has 9 heavy (non-hydrogen) atoms. The van der Waals surface area contributed by atoms with Gasteiger partial charge in [0.05, 0.1) is 5.25 Å². The van der Waals surface area contributed by atoms with Crippen molar-refractivity contribution in [3.05, 3.63) is 0 Å². The van der Waals surface area contributed by atoms with E-state index in [0.717, 1.165) is 6.41 Å². The maximum Gasteiger partial charge on any atom is 0.323 e. The van der Waals surface area contributed by atoms with Crippen LogP contribution in [0.5, 0.6) is 0 Å². The molecule has 0 aliphatic rings. The fraction of sp³-hybridized carbons (Fsp3) is 0.750. The Morgan fingerprint density at radius 3 is 2.00 bits per heavy atom. The molecule has 0 aromatic rings. The predicted octanol–water partition coefficient (Wildman–Crippen LogP) is -0.619. The lowest BCUT2D eigenvalue weighted by atomic mass is 10.6. The lowest BCUT2D eigenvalue weighted by Gasteiger charge is -2.02. The van der Waals surface area contributed by atoms with Gasteiger partial charge in [0.15, 0.2) is 0 Å². The summed E-state index contributed by atoms with van der Waals surface area (Å²) in [5.41, 5.74) is 0. The number of carbonyl (C=O) groups excluding carboxylic acids is 1. The summed E-state index contributed by atoms with van der Waals surface area (Å²) in [6.07, 6.45) is 1.10. The second kappa shape index (κ2) is 2.82. The van der Waals surface area contributed by atoms with Crippen molar-refractivity contribution in [2.75, 3.05) is 0 Å². The van der Waals surface area contributed by atoms with Gasteiger partial charge >= 0.3 is 6.41 Å². The third-order valence-electron chi connectivity index (χ3n) is 0.805. The van der Waals surface area contributed by atoms with E-state index in [1.54, 1.807) is 4.72 Å². The average Bonchev–Trinajstić information content (AvgIpc) is 1.65. The topological polar surface area (TPSA) is 63.2 Å². The molecule has 1 radical (unpaired) electrons. The van der Waals surface area contributed by atoms with Crippen LogP contribution >= 0.6 is 0 Å². The molecule has 0 unspecified atom stereocenters. The largest absolute Gasteiger partial charge is 0.323 e. The van der Waals surface area contributed by atoms with Gasteiger partial charge in [-0.25, -0.2) is 13.1 Å². The molecule has 0 aliphatic heterocycles. The van der Waals surface area contributed by atoms with E-state index in [1.807, 2.05) is 0 Å². The zero-order valence-electron chi connectivity index (χ0n) is 5.21. The molecule has 0 heterocycles. The fourth-order valence-corrected chi connectivity index (χ4v) is 0.528. The summed E-state index contributed by atoms with van der Waals surface area (Å²) in [5.74, 6) is 0. The van der Waals surface area contributed by atoms with E-state index in [2.05, 4.69) is 0 Å². The highest BCUT2D eigenvalue weighted by atomic mass is 32.2. The first-order valence-corrected chi connectivity index (χ1v) is 3.93. The minimum atomic E-state index is -3.42. The molecule has 1 N–H and O–H groups in total. The quantitative estimate of drug-likeness (QED) is 0.545. The molecule has 0 spiro atoms. The van der Waals surface area contributed by atoms with Crippen LogP contribution in [0, 0.1) is 0 Å². The Morgan fingerprint density at radius 1 is 1.44 bits per heavy atom. The molecule has 0 rings (SSSR count). The van der Waals surface area contributed by atoms with Gasteiger partial charge in [0.1, 0.15) is 0 Å². The Kier molecular flexibility index (Phi) is 2.64. The van der Waals surface area contributed by atoms with Gasteiger partial charge in [-0.1, -0.05) is 0 Å². The van der Waals surface area contributed by atoms with Crippen molar-refractivity contribution in [1.82, 2.24) is 4.72 Å². The average molecular weight is 150 g/mol. The van der Waals surface area contributed by atoms with Crippen LogP contribution < -0.4 is 4.72 Å². The summed E-state index contributed by atoms with van der Waals surface area (Å²) in [6, 6.07) is 0. The molecule has 0 aromatic carbocycles. The second-order valence-electron chi connectivity index (χ2n) is 1.80. The van der Waals surface area contributed by atoms with E-state index in [0.29, 0.717) is 0 Å². The Bertz CT molecular complexity index is 182. The monoisotopic (exact) mass is 150 g/mol. The summed E-state index contributed by atoms with van der Waals surface area (Å²) in [5, 5.41) is -0.584. The van der Waals surface area contributed by atoms with Crippen LogP contribution in [0.25, 0.3) is 0 Å². The van der Waals surface area contributed by atoms with Gasteiger partial charge in [-0.05, 0) is 13.8 Å². The fourth-order valence-electron chi connectivity index (χ4n) is 0.176. The summed E-state index contributed by atoms with van der Waals surface area (Å²) >= 11 is 0. The number of sulfonamides is 1. The van der Waals surface area contributed by atoms with Crippen molar-refractivity contribution in [2.24, 2.45) is 0 Å². The molecule has 53 valence electrons. The van der Waals surface area contributed by atoms with Crippen molar-refractivity contribution >= 4 is 16.4 Å². The molecule has 0 saturated heterocycles. The molecule has 0 aliphatic carbocycles. The van der Waals surface area contributed by atoms with Gasteiger partial charge in [0, 0.05) is 0 Å². The molecule has 1 amide bonds. The van der Waals surface area contributed by atoms with E-state index in [-0.39, 0.29) is 0 Å². The van der Waals surface area contributed by atoms with Crippen LogP contribution in [0.2, 0.25) is 0 Å². The maximum atomic E-state index is 10.6. The van der Waals surface area contributed by atoms with Crippen LogP contribution in [-0.4, -0.2) is 20.1 Å². The smallest absolute Gasteiger partial charge is 0.263 e. The van der Waals surface area contributed by atoms with E-state index in [1.165, 1.54) is 13.8 Å². The molecule has 0 fully saturated rings. The van der Waals surface area contributed by atoms with E-state index < -0.39 is 15.3 Å². The number of hydrogen-bond acceptors (Lipinski definition) is 3. The first-order valence-electron chi connectivity index (χ1n) is 2.38.